The first kappa shape index (κ1) is 15.2. The molecule has 0 spiro atoms. The molecule has 0 aromatic heterocycles. The summed E-state index contributed by atoms with van der Waals surface area (Å²) in [7, 11) is 0. The summed E-state index contributed by atoms with van der Waals surface area (Å²) in [6.45, 7) is 4.78. The van der Waals surface area contributed by atoms with Crippen LogP contribution in [0.5, 0.6) is 5.75 Å². The number of carboxylic acid groups (broad SMARTS) is 1. The predicted octanol–water partition coefficient (Wildman–Crippen LogP) is 1.90. The Bertz CT molecular complexity index is 557. The van der Waals surface area contributed by atoms with Gasteiger partial charge in [-0.25, -0.2) is 4.79 Å². The zero-order valence-corrected chi connectivity index (χ0v) is 12.2. The number of amides is 2. The van der Waals surface area contributed by atoms with Gasteiger partial charge in [-0.05, 0) is 31.4 Å². The topological polar surface area (TPSA) is 87.7 Å². The molecule has 0 fully saturated rings. The van der Waals surface area contributed by atoms with Crippen molar-refractivity contribution in [3.63, 3.8) is 0 Å². The Morgan fingerprint density at radius 3 is 2.86 bits per heavy atom. The SMILES string of the molecule is Cc1ccc2c(c1C)OCC2NC(=O)NCCCC(=O)O. The summed E-state index contributed by atoms with van der Waals surface area (Å²) in [5, 5.41) is 14.0. The molecule has 1 atom stereocenters. The third-order valence-corrected chi connectivity index (χ3v) is 3.64. The number of aliphatic carboxylic acids is 1. The molecule has 0 bridgehead atoms. The van der Waals surface area contributed by atoms with E-state index in [0.717, 1.165) is 22.4 Å². The maximum absolute atomic E-state index is 11.8. The van der Waals surface area contributed by atoms with Gasteiger partial charge in [0.25, 0.3) is 0 Å². The molecule has 114 valence electrons. The maximum atomic E-state index is 11.8. The summed E-state index contributed by atoms with van der Waals surface area (Å²) in [5.41, 5.74) is 3.24. The van der Waals surface area contributed by atoms with Crippen LogP contribution in [0.4, 0.5) is 4.79 Å². The highest BCUT2D eigenvalue weighted by molar-refractivity contribution is 5.75. The Labute approximate surface area is 123 Å². The van der Waals surface area contributed by atoms with Crippen LogP contribution < -0.4 is 15.4 Å². The zero-order valence-electron chi connectivity index (χ0n) is 12.2. The summed E-state index contributed by atoms with van der Waals surface area (Å²) in [6.07, 6.45) is 0.465. The van der Waals surface area contributed by atoms with Crippen LogP contribution in [0.2, 0.25) is 0 Å². The van der Waals surface area contributed by atoms with Gasteiger partial charge in [0.1, 0.15) is 12.4 Å². The number of aryl methyl sites for hydroxylation is 1. The van der Waals surface area contributed by atoms with Crippen molar-refractivity contribution >= 4 is 12.0 Å². The smallest absolute Gasteiger partial charge is 0.315 e. The summed E-state index contributed by atoms with van der Waals surface area (Å²) >= 11 is 0. The third kappa shape index (κ3) is 3.65. The van der Waals surface area contributed by atoms with Crippen molar-refractivity contribution < 1.29 is 19.4 Å². The Morgan fingerprint density at radius 1 is 1.38 bits per heavy atom. The van der Waals surface area contributed by atoms with Crippen molar-refractivity contribution in [1.29, 1.82) is 0 Å². The molecule has 2 amide bonds. The largest absolute Gasteiger partial charge is 0.490 e. The highest BCUT2D eigenvalue weighted by atomic mass is 16.5. The minimum absolute atomic E-state index is 0.0497. The number of benzene rings is 1. The molecule has 1 aromatic carbocycles. The predicted molar refractivity (Wildman–Crippen MR) is 77.6 cm³/mol. The van der Waals surface area contributed by atoms with E-state index in [1.807, 2.05) is 26.0 Å². The van der Waals surface area contributed by atoms with Crippen LogP contribution in [0.15, 0.2) is 12.1 Å². The number of urea groups is 1. The van der Waals surface area contributed by atoms with Crippen molar-refractivity contribution in [2.45, 2.75) is 32.7 Å². The molecule has 0 radical (unpaired) electrons. The quantitative estimate of drug-likeness (QED) is 0.723. The number of ether oxygens (including phenoxy) is 1. The lowest BCUT2D eigenvalue weighted by Gasteiger charge is -2.13. The minimum atomic E-state index is -0.860. The first-order valence-corrected chi connectivity index (χ1v) is 6.98. The Hall–Kier alpha value is -2.24. The minimum Gasteiger partial charge on any atom is -0.490 e. The van der Waals surface area contributed by atoms with Gasteiger partial charge >= 0.3 is 12.0 Å². The van der Waals surface area contributed by atoms with E-state index < -0.39 is 5.97 Å². The number of nitrogens with one attached hydrogen (secondary N) is 2. The average molecular weight is 292 g/mol. The van der Waals surface area contributed by atoms with Crippen LogP contribution in [-0.4, -0.2) is 30.3 Å². The Balaban J connectivity index is 1.87. The normalized spacial score (nSPS) is 16.0. The second-order valence-corrected chi connectivity index (χ2v) is 5.19. The molecule has 2 rings (SSSR count). The number of fused-ring (bicyclic) bond motifs is 1. The molecular weight excluding hydrogens is 272 g/mol. The lowest BCUT2D eigenvalue weighted by molar-refractivity contribution is -0.137. The van der Waals surface area contributed by atoms with E-state index in [4.69, 9.17) is 9.84 Å². The number of carboxylic acids is 1. The molecule has 1 aliphatic heterocycles. The molecule has 1 aliphatic rings. The van der Waals surface area contributed by atoms with Crippen LogP contribution >= 0.6 is 0 Å². The molecular formula is C15H20N2O4. The monoisotopic (exact) mass is 292 g/mol. The van der Waals surface area contributed by atoms with Gasteiger partial charge in [0.2, 0.25) is 0 Å². The van der Waals surface area contributed by atoms with Crippen molar-refractivity contribution in [2.75, 3.05) is 13.2 Å². The maximum Gasteiger partial charge on any atom is 0.315 e. The molecule has 0 aliphatic carbocycles. The molecule has 1 heterocycles. The highest BCUT2D eigenvalue weighted by Gasteiger charge is 2.27. The fraction of sp³-hybridized carbons (Fsp3) is 0.467. The van der Waals surface area contributed by atoms with Gasteiger partial charge in [0.05, 0.1) is 6.04 Å². The third-order valence-electron chi connectivity index (χ3n) is 3.64. The van der Waals surface area contributed by atoms with Gasteiger partial charge < -0.3 is 20.5 Å². The van der Waals surface area contributed by atoms with E-state index >= 15 is 0 Å². The van der Waals surface area contributed by atoms with E-state index in [1.54, 1.807) is 0 Å². The van der Waals surface area contributed by atoms with E-state index in [0.29, 0.717) is 19.6 Å². The summed E-state index contributed by atoms with van der Waals surface area (Å²) in [5.74, 6) is -0.00708. The van der Waals surface area contributed by atoms with Crippen LogP contribution in [0, 0.1) is 13.8 Å². The summed E-state index contributed by atoms with van der Waals surface area (Å²) in [6, 6.07) is 3.52. The van der Waals surface area contributed by atoms with Crippen LogP contribution in [-0.2, 0) is 4.79 Å². The molecule has 6 nitrogen and oxygen atoms in total. The van der Waals surface area contributed by atoms with E-state index in [-0.39, 0.29) is 18.5 Å². The average Bonchev–Trinajstić information content (AvgIpc) is 2.82. The molecule has 0 saturated heterocycles. The summed E-state index contributed by atoms with van der Waals surface area (Å²) in [4.78, 5) is 22.2. The van der Waals surface area contributed by atoms with Gasteiger partial charge in [0.15, 0.2) is 0 Å². The fourth-order valence-corrected chi connectivity index (χ4v) is 2.30. The van der Waals surface area contributed by atoms with Crippen molar-refractivity contribution in [3.8, 4) is 5.75 Å². The molecule has 1 aromatic rings. The summed E-state index contributed by atoms with van der Waals surface area (Å²) < 4.78 is 5.66. The fourth-order valence-electron chi connectivity index (χ4n) is 2.30. The van der Waals surface area contributed by atoms with Crippen molar-refractivity contribution in [2.24, 2.45) is 0 Å². The number of carbonyl (C=O) groups is 2. The van der Waals surface area contributed by atoms with Gasteiger partial charge in [0, 0.05) is 18.5 Å². The first-order valence-electron chi connectivity index (χ1n) is 6.98. The van der Waals surface area contributed by atoms with E-state index in [1.165, 1.54) is 0 Å². The van der Waals surface area contributed by atoms with Gasteiger partial charge in [-0.2, -0.15) is 0 Å². The number of carbonyl (C=O) groups excluding carboxylic acids is 1. The molecule has 6 heteroatoms. The zero-order chi connectivity index (χ0) is 15.4. The van der Waals surface area contributed by atoms with Crippen LogP contribution in [0.1, 0.15) is 35.6 Å². The van der Waals surface area contributed by atoms with Crippen molar-refractivity contribution in [1.82, 2.24) is 10.6 Å². The Morgan fingerprint density at radius 2 is 2.14 bits per heavy atom. The first-order chi connectivity index (χ1) is 9.99. The number of hydrogen-bond acceptors (Lipinski definition) is 3. The molecule has 3 N–H and O–H groups in total. The number of rotatable bonds is 5. The van der Waals surface area contributed by atoms with Crippen molar-refractivity contribution in [3.05, 3.63) is 28.8 Å². The lowest BCUT2D eigenvalue weighted by Crippen LogP contribution is -2.39. The molecule has 21 heavy (non-hydrogen) atoms. The molecule has 0 saturated carbocycles. The number of hydrogen-bond donors (Lipinski definition) is 3. The lowest BCUT2D eigenvalue weighted by atomic mass is 10.0. The van der Waals surface area contributed by atoms with Crippen LogP contribution in [0.25, 0.3) is 0 Å². The van der Waals surface area contributed by atoms with Gasteiger partial charge in [-0.1, -0.05) is 12.1 Å². The standard InChI is InChI=1S/C15H20N2O4/c1-9-5-6-11-12(8-21-14(11)10(9)2)17-15(20)16-7-3-4-13(18)19/h5-6,12H,3-4,7-8H2,1-2H3,(H,18,19)(H2,16,17,20). The second-order valence-electron chi connectivity index (χ2n) is 5.19. The van der Waals surface area contributed by atoms with E-state index in [2.05, 4.69) is 10.6 Å². The van der Waals surface area contributed by atoms with Gasteiger partial charge in [-0.3, -0.25) is 4.79 Å². The molecule has 1 unspecified atom stereocenters. The van der Waals surface area contributed by atoms with Crippen LogP contribution in [0.3, 0.4) is 0 Å². The Kier molecular flexibility index (Phi) is 4.67. The second kappa shape index (κ2) is 6.47. The van der Waals surface area contributed by atoms with E-state index in [9.17, 15) is 9.59 Å². The van der Waals surface area contributed by atoms with Gasteiger partial charge in [-0.15, -0.1) is 0 Å². The highest BCUT2D eigenvalue weighted by Crippen LogP contribution is 2.36.